The Morgan fingerprint density at radius 3 is 2.71 bits per heavy atom. The molecule has 1 aliphatic carbocycles. The average molecular weight is 315 g/mol. The molecule has 0 bridgehead atoms. The van der Waals surface area contributed by atoms with Crippen LogP contribution in [0.15, 0.2) is 29.2 Å². The van der Waals surface area contributed by atoms with Crippen molar-refractivity contribution >= 4 is 17.4 Å². The summed E-state index contributed by atoms with van der Waals surface area (Å²) in [6.07, 6.45) is 2.17. The highest BCUT2D eigenvalue weighted by molar-refractivity contribution is 7.99. The summed E-state index contributed by atoms with van der Waals surface area (Å²) in [4.78, 5) is 0.603. The van der Waals surface area contributed by atoms with Gasteiger partial charge >= 0.3 is 0 Å². The standard InChI is InChI=1S/C16H23F2NOS/c1-4-16(3)13(10-14(16)20-5-2)19-11-8-6-7-9-12(11)21-15(17)18/h6-9,13-15,19H,4-5,10H2,1-3H3. The summed E-state index contributed by atoms with van der Waals surface area (Å²) in [5.41, 5.74) is 0.848. The molecule has 2 nitrogen and oxygen atoms in total. The first-order valence-corrected chi connectivity index (χ1v) is 8.31. The minimum atomic E-state index is -2.40. The van der Waals surface area contributed by atoms with Crippen LogP contribution in [0.3, 0.4) is 0 Å². The summed E-state index contributed by atoms with van der Waals surface area (Å²) in [7, 11) is 0. The summed E-state index contributed by atoms with van der Waals surface area (Å²) < 4.78 is 31.0. The Kier molecular flexibility index (Phi) is 5.49. The second-order valence-corrected chi connectivity index (χ2v) is 6.64. The number of halogens is 2. The van der Waals surface area contributed by atoms with E-state index < -0.39 is 5.76 Å². The first kappa shape index (κ1) is 16.6. The van der Waals surface area contributed by atoms with Gasteiger partial charge in [0.15, 0.2) is 0 Å². The van der Waals surface area contributed by atoms with Gasteiger partial charge in [-0.3, -0.25) is 0 Å². The van der Waals surface area contributed by atoms with Crippen LogP contribution in [0, 0.1) is 5.41 Å². The van der Waals surface area contributed by atoms with Crippen LogP contribution in [0.5, 0.6) is 0 Å². The lowest BCUT2D eigenvalue weighted by molar-refractivity contribution is -0.109. The number of alkyl halides is 2. The van der Waals surface area contributed by atoms with Gasteiger partial charge in [-0.05, 0) is 31.9 Å². The molecule has 0 aliphatic heterocycles. The number of benzene rings is 1. The lowest BCUT2D eigenvalue weighted by Gasteiger charge is -2.54. The highest BCUT2D eigenvalue weighted by atomic mass is 32.2. The molecule has 0 amide bonds. The van der Waals surface area contributed by atoms with Gasteiger partial charge in [-0.15, -0.1) is 0 Å². The van der Waals surface area contributed by atoms with E-state index in [9.17, 15) is 8.78 Å². The van der Waals surface area contributed by atoms with Crippen molar-refractivity contribution in [3.8, 4) is 0 Å². The Balaban J connectivity index is 2.09. The maximum absolute atomic E-state index is 12.6. The molecule has 0 radical (unpaired) electrons. The van der Waals surface area contributed by atoms with Crippen molar-refractivity contribution in [3.63, 3.8) is 0 Å². The molecule has 1 aromatic carbocycles. The van der Waals surface area contributed by atoms with E-state index in [4.69, 9.17) is 4.74 Å². The van der Waals surface area contributed by atoms with Crippen LogP contribution in [0.2, 0.25) is 0 Å². The number of anilines is 1. The fraction of sp³-hybridized carbons (Fsp3) is 0.625. The Morgan fingerprint density at radius 2 is 2.10 bits per heavy atom. The fourth-order valence-electron chi connectivity index (χ4n) is 2.95. The Morgan fingerprint density at radius 1 is 1.38 bits per heavy atom. The molecule has 5 heteroatoms. The van der Waals surface area contributed by atoms with Crippen molar-refractivity contribution < 1.29 is 13.5 Å². The van der Waals surface area contributed by atoms with Gasteiger partial charge in [0.1, 0.15) is 0 Å². The fourth-order valence-corrected chi connectivity index (χ4v) is 3.55. The van der Waals surface area contributed by atoms with Crippen LogP contribution < -0.4 is 5.32 Å². The molecule has 0 aromatic heterocycles. The molecule has 3 unspecified atom stereocenters. The minimum absolute atomic E-state index is 0.0542. The number of hydrogen-bond donors (Lipinski definition) is 1. The van der Waals surface area contributed by atoms with Gasteiger partial charge in [0.25, 0.3) is 5.76 Å². The van der Waals surface area contributed by atoms with Crippen LogP contribution in [-0.4, -0.2) is 24.5 Å². The molecule has 1 saturated carbocycles. The van der Waals surface area contributed by atoms with Gasteiger partial charge in [0.2, 0.25) is 0 Å². The molecular weight excluding hydrogens is 292 g/mol. The molecule has 0 heterocycles. The normalized spacial score (nSPS) is 28.5. The van der Waals surface area contributed by atoms with Crippen molar-refractivity contribution in [2.45, 2.75) is 56.4 Å². The summed E-state index contributed by atoms with van der Waals surface area (Å²) >= 11 is 0.593. The van der Waals surface area contributed by atoms with Crippen molar-refractivity contribution in [1.82, 2.24) is 0 Å². The van der Waals surface area contributed by atoms with Crippen LogP contribution in [-0.2, 0) is 4.74 Å². The second kappa shape index (κ2) is 6.97. The topological polar surface area (TPSA) is 21.3 Å². The number of thioether (sulfide) groups is 1. The number of ether oxygens (including phenoxy) is 1. The third kappa shape index (κ3) is 3.51. The van der Waals surface area contributed by atoms with Crippen molar-refractivity contribution in [3.05, 3.63) is 24.3 Å². The van der Waals surface area contributed by atoms with Gasteiger partial charge in [-0.25, -0.2) is 0 Å². The number of para-hydroxylation sites is 1. The van der Waals surface area contributed by atoms with Crippen LogP contribution >= 0.6 is 11.8 Å². The van der Waals surface area contributed by atoms with E-state index in [2.05, 4.69) is 19.2 Å². The van der Waals surface area contributed by atoms with Gasteiger partial charge in [-0.1, -0.05) is 37.7 Å². The molecule has 3 atom stereocenters. The zero-order valence-corrected chi connectivity index (χ0v) is 13.6. The predicted molar refractivity (Wildman–Crippen MR) is 84.1 cm³/mol. The maximum Gasteiger partial charge on any atom is 0.288 e. The van der Waals surface area contributed by atoms with Crippen molar-refractivity contribution in [2.24, 2.45) is 5.41 Å². The van der Waals surface area contributed by atoms with E-state index in [1.807, 2.05) is 19.1 Å². The summed E-state index contributed by atoms with van der Waals surface area (Å²) in [5, 5.41) is 3.45. The zero-order chi connectivity index (χ0) is 15.5. The zero-order valence-electron chi connectivity index (χ0n) is 12.7. The highest BCUT2D eigenvalue weighted by Gasteiger charge is 2.51. The van der Waals surface area contributed by atoms with E-state index >= 15 is 0 Å². The predicted octanol–water partition coefficient (Wildman–Crippen LogP) is 5.01. The summed E-state index contributed by atoms with van der Waals surface area (Å²) in [6.45, 7) is 7.08. The largest absolute Gasteiger partial charge is 0.381 e. The van der Waals surface area contributed by atoms with Crippen LogP contribution in [0.4, 0.5) is 14.5 Å². The van der Waals surface area contributed by atoms with E-state index in [1.54, 1.807) is 12.1 Å². The Bertz CT molecular complexity index is 471. The van der Waals surface area contributed by atoms with Gasteiger partial charge in [-0.2, -0.15) is 8.78 Å². The van der Waals surface area contributed by atoms with Crippen LogP contribution in [0.1, 0.15) is 33.6 Å². The van der Waals surface area contributed by atoms with E-state index in [-0.39, 0.29) is 17.6 Å². The van der Waals surface area contributed by atoms with Crippen LogP contribution in [0.25, 0.3) is 0 Å². The van der Waals surface area contributed by atoms with E-state index in [0.717, 1.165) is 18.5 Å². The van der Waals surface area contributed by atoms with Crippen molar-refractivity contribution in [2.75, 3.05) is 11.9 Å². The molecule has 1 fully saturated rings. The molecule has 0 saturated heterocycles. The van der Waals surface area contributed by atoms with Gasteiger partial charge in [0, 0.05) is 28.6 Å². The van der Waals surface area contributed by atoms with Crippen molar-refractivity contribution in [1.29, 1.82) is 0 Å². The lowest BCUT2D eigenvalue weighted by atomic mass is 9.61. The summed E-state index contributed by atoms with van der Waals surface area (Å²) in [6, 6.07) is 7.53. The number of hydrogen-bond acceptors (Lipinski definition) is 3. The number of nitrogens with one attached hydrogen (secondary N) is 1. The second-order valence-electron chi connectivity index (χ2n) is 5.61. The quantitative estimate of drug-likeness (QED) is 0.715. The first-order valence-electron chi connectivity index (χ1n) is 7.43. The van der Waals surface area contributed by atoms with Gasteiger partial charge < -0.3 is 10.1 Å². The molecule has 118 valence electrons. The third-order valence-corrected chi connectivity index (χ3v) is 5.33. The minimum Gasteiger partial charge on any atom is -0.381 e. The van der Waals surface area contributed by atoms with E-state index in [0.29, 0.717) is 23.3 Å². The molecule has 0 spiro atoms. The maximum atomic E-state index is 12.6. The average Bonchev–Trinajstić information content (AvgIpc) is 2.46. The Labute approximate surface area is 129 Å². The van der Waals surface area contributed by atoms with Gasteiger partial charge in [0.05, 0.1) is 6.10 Å². The smallest absolute Gasteiger partial charge is 0.288 e. The number of rotatable bonds is 7. The summed E-state index contributed by atoms with van der Waals surface area (Å²) in [5.74, 6) is -2.40. The molecule has 21 heavy (non-hydrogen) atoms. The SMILES string of the molecule is CCOC1CC(Nc2ccccc2SC(F)F)C1(C)CC. The lowest BCUT2D eigenvalue weighted by Crippen LogP contribution is -2.59. The molecule has 1 N–H and O–H groups in total. The van der Waals surface area contributed by atoms with E-state index in [1.165, 1.54) is 0 Å². The highest BCUT2D eigenvalue weighted by Crippen LogP contribution is 2.48. The third-order valence-electron chi connectivity index (χ3n) is 4.54. The molecule has 1 aromatic rings. The molecular formula is C16H23F2NOS. The first-order chi connectivity index (χ1) is 10.0. The molecule has 2 rings (SSSR count). The molecule has 1 aliphatic rings. The monoisotopic (exact) mass is 315 g/mol. The Hall–Kier alpha value is -0.810.